The quantitative estimate of drug-likeness (QED) is 0.202. The van der Waals surface area contributed by atoms with E-state index in [0.717, 1.165) is 42.0 Å². The minimum Gasteiger partial charge on any atom is -0.350 e. The number of amides is 1. The van der Waals surface area contributed by atoms with Gasteiger partial charge in [0.15, 0.2) is 5.65 Å². The summed E-state index contributed by atoms with van der Waals surface area (Å²) in [5.74, 6) is 5.03. The van der Waals surface area contributed by atoms with E-state index < -0.39 is 17.1 Å². The van der Waals surface area contributed by atoms with Crippen molar-refractivity contribution >= 4 is 28.6 Å². The molecule has 1 fully saturated rings. The van der Waals surface area contributed by atoms with Crippen molar-refractivity contribution in [3.8, 4) is 17.9 Å². The number of carbonyl (C=O) groups excluding carboxylic acids is 1. The molecule has 0 aliphatic carbocycles. The van der Waals surface area contributed by atoms with E-state index in [-0.39, 0.29) is 5.56 Å². The number of carbonyl (C=O) groups is 1. The number of nitriles is 1. The van der Waals surface area contributed by atoms with Crippen molar-refractivity contribution < 1.29 is 9.18 Å². The first kappa shape index (κ1) is 33.4. The van der Waals surface area contributed by atoms with Gasteiger partial charge in [0.2, 0.25) is 0 Å². The maximum absolute atomic E-state index is 15.2. The molecule has 2 N–H and O–H groups in total. The lowest BCUT2D eigenvalue weighted by Crippen LogP contribution is -2.31. The highest BCUT2D eigenvalue weighted by molar-refractivity contribution is 6.04. The molecule has 2 aromatic carbocycles. The van der Waals surface area contributed by atoms with E-state index in [4.69, 9.17) is 0 Å². The Labute approximate surface area is 286 Å². The largest absolute Gasteiger partial charge is 0.350 e. The minimum absolute atomic E-state index is 0.118. The van der Waals surface area contributed by atoms with Gasteiger partial charge in [-0.25, -0.2) is 9.37 Å². The molecule has 5 aromatic rings. The average Bonchev–Trinajstić information content (AvgIpc) is 3.82. The molecule has 1 atom stereocenters. The van der Waals surface area contributed by atoms with Crippen molar-refractivity contribution in [2.24, 2.45) is 7.05 Å². The third kappa shape index (κ3) is 7.19. The number of rotatable bonds is 8. The van der Waals surface area contributed by atoms with Crippen LogP contribution in [0.15, 0.2) is 67.3 Å². The molecule has 0 saturated carbocycles. The topological polar surface area (TPSA) is 107 Å². The van der Waals surface area contributed by atoms with Crippen LogP contribution in [-0.4, -0.2) is 68.1 Å². The van der Waals surface area contributed by atoms with Gasteiger partial charge in [-0.05, 0) is 100 Å². The molecule has 250 valence electrons. The summed E-state index contributed by atoms with van der Waals surface area (Å²) in [5, 5.41) is 20.4. The predicted molar refractivity (Wildman–Crippen MR) is 189 cm³/mol. The van der Waals surface area contributed by atoms with E-state index in [2.05, 4.69) is 62.5 Å². The molecule has 0 radical (unpaired) electrons. The van der Waals surface area contributed by atoms with Gasteiger partial charge in [0.25, 0.3) is 5.91 Å². The number of halogens is 1. The Kier molecular flexibility index (Phi) is 9.24. The highest BCUT2D eigenvalue weighted by Gasteiger charge is 2.28. The number of nitrogens with one attached hydrogen (secondary N) is 2. The van der Waals surface area contributed by atoms with Crippen LogP contribution in [0.2, 0.25) is 0 Å². The molecule has 11 heteroatoms. The smallest absolute Gasteiger partial charge is 0.258 e. The van der Waals surface area contributed by atoms with Gasteiger partial charge >= 0.3 is 0 Å². The third-order valence-electron chi connectivity index (χ3n) is 9.10. The Morgan fingerprint density at radius 3 is 2.67 bits per heavy atom. The lowest BCUT2D eigenvalue weighted by molar-refractivity contribution is 0.102. The Morgan fingerprint density at radius 1 is 1.14 bits per heavy atom. The van der Waals surface area contributed by atoms with E-state index >= 15 is 4.39 Å². The Bertz CT molecular complexity index is 2140. The lowest BCUT2D eigenvalue weighted by Gasteiger charge is -2.25. The van der Waals surface area contributed by atoms with Crippen molar-refractivity contribution in [1.82, 2.24) is 29.0 Å². The number of aromatic nitrogens is 4. The summed E-state index contributed by atoms with van der Waals surface area (Å²) in [7, 11) is 6.05. The molecule has 1 saturated heterocycles. The number of pyridine rings is 1. The van der Waals surface area contributed by atoms with Crippen molar-refractivity contribution in [2.45, 2.75) is 45.2 Å². The monoisotopic (exact) mass is 657 g/mol. The van der Waals surface area contributed by atoms with Crippen LogP contribution >= 0.6 is 0 Å². The molecule has 3 aromatic heterocycles. The molecule has 1 unspecified atom stereocenters. The Hall–Kier alpha value is -5.49. The van der Waals surface area contributed by atoms with Crippen molar-refractivity contribution in [2.75, 3.05) is 37.8 Å². The number of nitrogens with zero attached hydrogens (tertiary/aromatic N) is 7. The van der Waals surface area contributed by atoms with Crippen molar-refractivity contribution in [3.05, 3.63) is 107 Å². The van der Waals surface area contributed by atoms with Crippen LogP contribution in [0, 0.1) is 35.9 Å². The number of imidazole rings is 1. The zero-order valence-electron chi connectivity index (χ0n) is 28.7. The number of hydrogen-bond donors (Lipinski definition) is 2. The molecular formula is C38H40FN9O. The first-order valence-electron chi connectivity index (χ1n) is 16.2. The Morgan fingerprint density at radius 2 is 1.96 bits per heavy atom. The van der Waals surface area contributed by atoms with Gasteiger partial charge in [-0.1, -0.05) is 12.0 Å². The summed E-state index contributed by atoms with van der Waals surface area (Å²) in [5.41, 5.74) is 5.55. The number of benzene rings is 2. The van der Waals surface area contributed by atoms with E-state index in [1.807, 2.05) is 68.0 Å². The predicted octanol–water partition coefficient (Wildman–Crippen LogP) is 5.85. The van der Waals surface area contributed by atoms with Crippen LogP contribution < -0.4 is 10.6 Å². The van der Waals surface area contributed by atoms with Gasteiger partial charge in [-0.2, -0.15) is 10.4 Å². The molecule has 1 aliphatic rings. The molecule has 10 nitrogen and oxygen atoms in total. The standard InChI is InChI=1S/C38H40FN9O/c1-25-16-34(39)32(17-26(25)10-12-30-20-41-36-35(8-7-14-48(30)36)43-29-19-42-46(6)22-29)37(49)44-28-11-9-27(33(18-28)38(2,3)24-40)21-47-15-13-31(23-47)45(4)5/h7-9,11,14,16-20,22,31,43H,13,15,21,23H2,1-6H3,(H,44,49). The van der Waals surface area contributed by atoms with Gasteiger partial charge < -0.3 is 15.5 Å². The van der Waals surface area contributed by atoms with Crippen LogP contribution in [0.4, 0.5) is 21.5 Å². The highest BCUT2D eigenvalue weighted by atomic mass is 19.1. The second-order valence-corrected chi connectivity index (χ2v) is 13.4. The molecule has 0 bridgehead atoms. The summed E-state index contributed by atoms with van der Waals surface area (Å²) >= 11 is 0. The maximum atomic E-state index is 15.2. The molecule has 1 aliphatic heterocycles. The van der Waals surface area contributed by atoms with Crippen LogP contribution in [0.25, 0.3) is 5.65 Å². The van der Waals surface area contributed by atoms with Crippen LogP contribution in [-0.2, 0) is 19.0 Å². The summed E-state index contributed by atoms with van der Waals surface area (Å²) in [6, 6.07) is 15.2. The second kappa shape index (κ2) is 13.6. The molecule has 4 heterocycles. The Balaban J connectivity index is 1.23. The second-order valence-electron chi connectivity index (χ2n) is 13.4. The third-order valence-corrected chi connectivity index (χ3v) is 9.10. The van der Waals surface area contributed by atoms with Crippen molar-refractivity contribution in [3.63, 3.8) is 0 Å². The van der Waals surface area contributed by atoms with E-state index in [1.165, 1.54) is 12.1 Å². The van der Waals surface area contributed by atoms with Crippen LogP contribution in [0.1, 0.15) is 58.6 Å². The normalized spacial score (nSPS) is 14.9. The zero-order chi connectivity index (χ0) is 34.9. The number of likely N-dealkylation sites (N-methyl/N-ethyl adjacent to an activating group) is 1. The van der Waals surface area contributed by atoms with Gasteiger partial charge in [0.1, 0.15) is 11.5 Å². The van der Waals surface area contributed by atoms with Crippen molar-refractivity contribution in [1.29, 1.82) is 5.26 Å². The molecule has 6 rings (SSSR count). The van der Waals surface area contributed by atoms with Gasteiger partial charge in [-0.3, -0.25) is 18.8 Å². The number of likely N-dealkylation sites (tertiary alicyclic amines) is 1. The van der Waals surface area contributed by atoms with E-state index in [9.17, 15) is 10.1 Å². The lowest BCUT2D eigenvalue weighted by atomic mass is 9.82. The maximum Gasteiger partial charge on any atom is 0.258 e. The fraction of sp³-hybridized carbons (Fsp3) is 0.316. The number of hydrogen-bond acceptors (Lipinski definition) is 7. The number of fused-ring (bicyclic) bond motifs is 1. The molecule has 49 heavy (non-hydrogen) atoms. The first-order valence-corrected chi connectivity index (χ1v) is 16.2. The van der Waals surface area contributed by atoms with Gasteiger partial charge in [0.05, 0.1) is 40.8 Å². The zero-order valence-corrected chi connectivity index (χ0v) is 28.7. The number of aryl methyl sites for hydroxylation is 2. The average molecular weight is 658 g/mol. The highest BCUT2D eigenvalue weighted by Crippen LogP contribution is 2.31. The van der Waals surface area contributed by atoms with E-state index in [1.54, 1.807) is 24.0 Å². The van der Waals surface area contributed by atoms with Gasteiger partial charge in [0, 0.05) is 56.4 Å². The first-order chi connectivity index (χ1) is 23.4. The fourth-order valence-electron chi connectivity index (χ4n) is 6.21. The summed E-state index contributed by atoms with van der Waals surface area (Å²) < 4.78 is 18.8. The minimum atomic E-state index is -0.790. The number of anilines is 3. The molecule has 0 spiro atoms. The molecular weight excluding hydrogens is 617 g/mol. The summed E-state index contributed by atoms with van der Waals surface area (Å²) in [4.78, 5) is 22.7. The fourth-order valence-corrected chi connectivity index (χ4v) is 6.21. The summed E-state index contributed by atoms with van der Waals surface area (Å²) in [6.45, 7) is 8.15. The van der Waals surface area contributed by atoms with Crippen LogP contribution in [0.3, 0.4) is 0 Å². The SMILES string of the molecule is Cc1cc(F)c(C(=O)Nc2ccc(CN3CCC(N(C)C)C3)c(C(C)(C)C#N)c2)cc1C#Cc1cnc2c(Nc3cnn(C)c3)cccn12. The van der Waals surface area contributed by atoms with Gasteiger partial charge in [-0.15, -0.1) is 0 Å². The van der Waals surface area contributed by atoms with E-state index in [0.29, 0.717) is 40.7 Å². The van der Waals surface area contributed by atoms with Crippen LogP contribution in [0.5, 0.6) is 0 Å². The molecule has 1 amide bonds. The summed E-state index contributed by atoms with van der Waals surface area (Å²) in [6.07, 6.45) is 8.24.